The quantitative estimate of drug-likeness (QED) is 0.442. The third kappa shape index (κ3) is 5.80. The first-order valence-corrected chi connectivity index (χ1v) is 3.95. The third-order valence-electron chi connectivity index (χ3n) is 1.59. The molecule has 0 aliphatic carbocycles. The minimum atomic E-state index is 0.901. The van der Waals surface area contributed by atoms with Crippen LogP contribution in [0.25, 0.3) is 0 Å². The smallest absolute Gasteiger partial charge is 0.145 e. The molecule has 2 nitrogen and oxygen atoms in total. The molecule has 0 unspecified atom stereocenters. The van der Waals surface area contributed by atoms with E-state index in [1.54, 1.807) is 0 Å². The van der Waals surface area contributed by atoms with Crippen LogP contribution >= 0.6 is 0 Å². The van der Waals surface area contributed by atoms with Crippen LogP contribution in [0.2, 0.25) is 0 Å². The van der Waals surface area contributed by atoms with E-state index in [-0.39, 0.29) is 0 Å². The molecule has 0 atom stereocenters. The van der Waals surface area contributed by atoms with Crippen molar-refractivity contribution >= 4 is 6.29 Å². The average molecular weight is 155 g/mol. The molecule has 0 heterocycles. The molecule has 0 aromatic carbocycles. The minimum Gasteiger partial charge on any atom is -0.309 e. The van der Waals surface area contributed by atoms with Crippen LogP contribution in [0.1, 0.15) is 19.8 Å². The van der Waals surface area contributed by atoms with Crippen LogP contribution in [0.5, 0.6) is 0 Å². The summed E-state index contributed by atoms with van der Waals surface area (Å²) in [4.78, 5) is 12.5. The van der Waals surface area contributed by atoms with E-state index < -0.39 is 0 Å². The maximum atomic E-state index is 10.3. The first-order valence-electron chi connectivity index (χ1n) is 3.95. The number of carbonyl (C=O) groups is 1. The summed E-state index contributed by atoms with van der Waals surface area (Å²) in [5, 5.41) is 0. The molecule has 0 saturated heterocycles. The summed E-state index contributed by atoms with van der Waals surface area (Å²) in [7, 11) is 4.08. The summed E-state index contributed by atoms with van der Waals surface area (Å²) in [5.41, 5.74) is 0.909. The molecule has 0 spiro atoms. The maximum Gasteiger partial charge on any atom is 0.145 e. The van der Waals surface area contributed by atoms with Gasteiger partial charge in [-0.25, -0.2) is 0 Å². The Kier molecular flexibility index (Phi) is 5.75. The lowest BCUT2D eigenvalue weighted by Crippen LogP contribution is -2.12. The number of rotatable bonds is 5. The van der Waals surface area contributed by atoms with Gasteiger partial charge in [0.25, 0.3) is 0 Å². The van der Waals surface area contributed by atoms with Crippen molar-refractivity contribution in [2.75, 3.05) is 20.6 Å². The van der Waals surface area contributed by atoms with Crippen molar-refractivity contribution in [2.24, 2.45) is 0 Å². The second-order valence-corrected chi connectivity index (χ2v) is 2.89. The van der Waals surface area contributed by atoms with Gasteiger partial charge < -0.3 is 4.90 Å². The number of hydrogen-bond donors (Lipinski definition) is 0. The van der Waals surface area contributed by atoms with Gasteiger partial charge in [-0.1, -0.05) is 6.08 Å². The highest BCUT2D eigenvalue weighted by molar-refractivity contribution is 5.72. The molecule has 0 saturated carbocycles. The Labute approximate surface area is 68.9 Å². The standard InChI is InChI=1S/C9H17NO/c1-4-9(8-11)6-5-7-10(2)3/h4,8H,5-7H2,1-3H3/b9-4+. The van der Waals surface area contributed by atoms with Gasteiger partial charge in [-0.2, -0.15) is 0 Å². The second-order valence-electron chi connectivity index (χ2n) is 2.89. The van der Waals surface area contributed by atoms with Gasteiger partial charge in [-0.15, -0.1) is 0 Å². The Bertz CT molecular complexity index is 138. The van der Waals surface area contributed by atoms with Crippen LogP contribution in [0.4, 0.5) is 0 Å². The summed E-state index contributed by atoms with van der Waals surface area (Å²) < 4.78 is 0. The summed E-state index contributed by atoms with van der Waals surface area (Å²) >= 11 is 0. The zero-order valence-corrected chi connectivity index (χ0v) is 7.63. The lowest BCUT2D eigenvalue weighted by Gasteiger charge is -2.07. The maximum absolute atomic E-state index is 10.3. The van der Waals surface area contributed by atoms with Crippen molar-refractivity contribution in [3.05, 3.63) is 11.6 Å². The molecule has 11 heavy (non-hydrogen) atoms. The van der Waals surface area contributed by atoms with Crippen molar-refractivity contribution in [3.8, 4) is 0 Å². The van der Waals surface area contributed by atoms with Crippen LogP contribution < -0.4 is 0 Å². The van der Waals surface area contributed by atoms with Gasteiger partial charge in [0, 0.05) is 0 Å². The molecular weight excluding hydrogens is 138 g/mol. The van der Waals surface area contributed by atoms with E-state index >= 15 is 0 Å². The number of carbonyl (C=O) groups excluding carboxylic acids is 1. The molecule has 0 bridgehead atoms. The molecule has 2 heteroatoms. The molecular formula is C9H17NO. The topological polar surface area (TPSA) is 20.3 Å². The van der Waals surface area contributed by atoms with Gasteiger partial charge in [0.1, 0.15) is 6.29 Å². The van der Waals surface area contributed by atoms with E-state index in [0.29, 0.717) is 0 Å². The molecule has 0 amide bonds. The fraction of sp³-hybridized carbons (Fsp3) is 0.667. The fourth-order valence-corrected chi connectivity index (χ4v) is 0.871. The highest BCUT2D eigenvalue weighted by Gasteiger charge is 1.94. The van der Waals surface area contributed by atoms with Crippen LogP contribution in [-0.4, -0.2) is 31.8 Å². The van der Waals surface area contributed by atoms with Crippen LogP contribution in [-0.2, 0) is 4.79 Å². The summed E-state index contributed by atoms with van der Waals surface area (Å²) in [6.45, 7) is 2.95. The van der Waals surface area contributed by atoms with E-state index in [2.05, 4.69) is 4.90 Å². The molecule has 0 rings (SSSR count). The van der Waals surface area contributed by atoms with Gasteiger partial charge in [-0.05, 0) is 46.0 Å². The van der Waals surface area contributed by atoms with Crippen molar-refractivity contribution in [3.63, 3.8) is 0 Å². The number of allylic oxidation sites excluding steroid dienone is 2. The van der Waals surface area contributed by atoms with Crippen molar-refractivity contribution in [2.45, 2.75) is 19.8 Å². The SMILES string of the molecule is C/C=C(/C=O)CCCN(C)C. The molecule has 0 aromatic rings. The molecule has 64 valence electrons. The van der Waals surface area contributed by atoms with Gasteiger partial charge in [0.15, 0.2) is 0 Å². The first-order chi connectivity index (χ1) is 5.20. The van der Waals surface area contributed by atoms with E-state index in [1.807, 2.05) is 27.1 Å². The second kappa shape index (κ2) is 6.10. The third-order valence-corrected chi connectivity index (χ3v) is 1.59. The van der Waals surface area contributed by atoms with Crippen molar-refractivity contribution in [1.29, 1.82) is 0 Å². The molecule has 0 aromatic heterocycles. The van der Waals surface area contributed by atoms with Gasteiger partial charge in [0.05, 0.1) is 0 Å². The summed E-state index contributed by atoms with van der Waals surface area (Å²) in [6, 6.07) is 0. The predicted octanol–water partition coefficient (Wildman–Crippen LogP) is 1.47. The molecule has 0 aliphatic heterocycles. The van der Waals surface area contributed by atoms with Gasteiger partial charge >= 0.3 is 0 Å². The van der Waals surface area contributed by atoms with Gasteiger partial charge in [-0.3, -0.25) is 4.79 Å². The highest BCUT2D eigenvalue weighted by Crippen LogP contribution is 2.01. The van der Waals surface area contributed by atoms with Crippen molar-refractivity contribution in [1.82, 2.24) is 4.90 Å². The van der Waals surface area contributed by atoms with Gasteiger partial charge in [0.2, 0.25) is 0 Å². The summed E-state index contributed by atoms with van der Waals surface area (Å²) in [6.07, 6.45) is 4.78. The Hall–Kier alpha value is -0.630. The Morgan fingerprint density at radius 1 is 1.45 bits per heavy atom. The first kappa shape index (κ1) is 10.4. The van der Waals surface area contributed by atoms with Crippen LogP contribution in [0.15, 0.2) is 11.6 Å². The number of nitrogens with zero attached hydrogens (tertiary/aromatic N) is 1. The number of aldehydes is 1. The normalized spacial score (nSPS) is 12.2. The number of hydrogen-bond acceptors (Lipinski definition) is 2. The molecule has 0 aliphatic rings. The zero-order chi connectivity index (χ0) is 8.69. The van der Waals surface area contributed by atoms with E-state index in [0.717, 1.165) is 31.2 Å². The largest absolute Gasteiger partial charge is 0.309 e. The Morgan fingerprint density at radius 3 is 2.45 bits per heavy atom. The zero-order valence-electron chi connectivity index (χ0n) is 7.63. The van der Waals surface area contributed by atoms with Crippen molar-refractivity contribution < 1.29 is 4.79 Å². The van der Waals surface area contributed by atoms with E-state index in [9.17, 15) is 4.79 Å². The Balaban J connectivity index is 3.45. The Morgan fingerprint density at radius 2 is 2.09 bits per heavy atom. The van der Waals surface area contributed by atoms with Crippen LogP contribution in [0, 0.1) is 0 Å². The minimum absolute atomic E-state index is 0.901. The lowest BCUT2D eigenvalue weighted by molar-refractivity contribution is -0.105. The molecule has 0 N–H and O–H groups in total. The highest BCUT2D eigenvalue weighted by atomic mass is 16.1. The fourth-order valence-electron chi connectivity index (χ4n) is 0.871. The van der Waals surface area contributed by atoms with E-state index in [1.165, 1.54) is 0 Å². The molecule has 0 radical (unpaired) electrons. The summed E-state index contributed by atoms with van der Waals surface area (Å²) in [5.74, 6) is 0. The monoisotopic (exact) mass is 155 g/mol. The lowest BCUT2D eigenvalue weighted by atomic mass is 10.1. The van der Waals surface area contributed by atoms with E-state index in [4.69, 9.17) is 0 Å². The van der Waals surface area contributed by atoms with Crippen LogP contribution in [0.3, 0.4) is 0 Å². The predicted molar refractivity (Wildman–Crippen MR) is 47.6 cm³/mol. The molecule has 0 fully saturated rings. The average Bonchev–Trinajstić information content (AvgIpc) is 1.98.